The molecule has 3 heterocycles. The summed E-state index contributed by atoms with van der Waals surface area (Å²) < 4.78 is 19.9. The quantitative estimate of drug-likeness (QED) is 0.417. The molecule has 9 heteroatoms. The van der Waals surface area contributed by atoms with Crippen LogP contribution in [-0.4, -0.2) is 23.3 Å². The van der Waals surface area contributed by atoms with E-state index in [1.807, 2.05) is 48.9 Å². The minimum atomic E-state index is -0.313. The number of thiazole rings is 2. The van der Waals surface area contributed by atoms with Gasteiger partial charge in [-0.1, -0.05) is 35.2 Å². The van der Waals surface area contributed by atoms with Crippen LogP contribution in [0.5, 0.6) is 0 Å². The Hall–Kier alpha value is -2.72. The third-order valence-corrected chi connectivity index (χ3v) is 9.04. The number of aliphatic hydroxyl groups is 1. The van der Waals surface area contributed by atoms with Gasteiger partial charge in [-0.25, -0.2) is 4.39 Å². The lowest BCUT2D eigenvalue weighted by Gasteiger charge is -2.12. The van der Waals surface area contributed by atoms with Crippen molar-refractivity contribution >= 4 is 62.5 Å². The Morgan fingerprint density at radius 3 is 2.74 bits per heavy atom. The smallest absolute Gasteiger partial charge is 0.269 e. The van der Waals surface area contributed by atoms with Crippen molar-refractivity contribution in [2.75, 3.05) is 18.6 Å². The van der Waals surface area contributed by atoms with E-state index < -0.39 is 0 Å². The van der Waals surface area contributed by atoms with Gasteiger partial charge < -0.3 is 10.0 Å². The number of anilines is 1. The molecule has 1 N–H and O–H groups in total. The number of hydrogen-bond donors (Lipinski definition) is 1. The van der Waals surface area contributed by atoms with Gasteiger partial charge in [0.2, 0.25) is 5.52 Å². The average molecular weight is 513 g/mol. The van der Waals surface area contributed by atoms with Crippen LogP contribution in [0, 0.1) is 5.82 Å². The second kappa shape index (κ2) is 9.50. The number of para-hydroxylation sites is 1. The first kappa shape index (κ1) is 23.0. The number of aliphatic hydroxyl groups excluding tert-OH is 1. The molecule has 5 nitrogen and oxygen atoms in total. The second-order valence-electron chi connectivity index (χ2n) is 7.73. The van der Waals surface area contributed by atoms with E-state index in [0.717, 1.165) is 30.6 Å². The Balaban J connectivity index is 1.60. The van der Waals surface area contributed by atoms with E-state index in [4.69, 9.17) is 0 Å². The van der Waals surface area contributed by atoms with Crippen LogP contribution in [0.15, 0.2) is 63.3 Å². The monoisotopic (exact) mass is 512 g/mol. The van der Waals surface area contributed by atoms with Crippen LogP contribution >= 0.6 is 34.4 Å². The summed E-state index contributed by atoms with van der Waals surface area (Å²) in [6.07, 6.45) is 5.85. The summed E-state index contributed by atoms with van der Waals surface area (Å²) in [4.78, 5) is 16.5. The van der Waals surface area contributed by atoms with Crippen LogP contribution in [0.4, 0.5) is 10.1 Å². The van der Waals surface area contributed by atoms with Gasteiger partial charge in [0.15, 0.2) is 6.54 Å². The zero-order valence-corrected chi connectivity index (χ0v) is 21.1. The average Bonchev–Trinajstić information content (AvgIpc) is 3.44. The van der Waals surface area contributed by atoms with Crippen LogP contribution in [0.3, 0.4) is 0 Å². The highest BCUT2D eigenvalue weighted by Crippen LogP contribution is 2.44. The van der Waals surface area contributed by atoms with Gasteiger partial charge in [-0.2, -0.15) is 4.57 Å². The highest BCUT2D eigenvalue weighted by atomic mass is 32.2. The predicted molar refractivity (Wildman–Crippen MR) is 139 cm³/mol. The molecule has 0 amide bonds. The molecule has 0 radical (unpaired) electrons. The first-order valence-electron chi connectivity index (χ1n) is 10.9. The number of halogens is 1. The maximum atomic E-state index is 13.9. The van der Waals surface area contributed by atoms with Crippen molar-refractivity contribution in [3.8, 4) is 0 Å². The molecule has 1 aliphatic rings. The molecule has 0 saturated heterocycles. The number of aromatic nitrogens is 2. The number of fused-ring (bicyclic) bond motifs is 2. The number of nitrogens with zero attached hydrogens (tertiary/aromatic N) is 3. The molecule has 5 rings (SSSR count). The molecule has 2 aromatic heterocycles. The van der Waals surface area contributed by atoms with Crippen LogP contribution in [0.2, 0.25) is 0 Å². The lowest BCUT2D eigenvalue weighted by atomic mass is 10.3. The molecule has 4 aromatic rings. The van der Waals surface area contributed by atoms with E-state index in [0.29, 0.717) is 17.6 Å². The maximum absolute atomic E-state index is 13.9. The summed E-state index contributed by atoms with van der Waals surface area (Å²) in [6.45, 7) is 2.80. The zero-order chi connectivity index (χ0) is 23.8. The van der Waals surface area contributed by atoms with E-state index in [-0.39, 0.29) is 18.0 Å². The van der Waals surface area contributed by atoms with Gasteiger partial charge in [0.05, 0.1) is 21.3 Å². The fourth-order valence-electron chi connectivity index (χ4n) is 3.99. The molecule has 2 aromatic carbocycles. The van der Waals surface area contributed by atoms with Gasteiger partial charge in [-0.15, -0.1) is 11.3 Å². The van der Waals surface area contributed by atoms with E-state index >= 15 is 0 Å². The molecule has 1 aliphatic heterocycles. The predicted octanol–water partition coefficient (Wildman–Crippen LogP) is 3.26. The minimum absolute atomic E-state index is 0.0281. The summed E-state index contributed by atoms with van der Waals surface area (Å²) >= 11 is 4.64. The Bertz CT molecular complexity index is 1600. The van der Waals surface area contributed by atoms with E-state index in [9.17, 15) is 14.3 Å². The van der Waals surface area contributed by atoms with Crippen molar-refractivity contribution < 1.29 is 14.1 Å². The van der Waals surface area contributed by atoms with E-state index in [2.05, 4.69) is 17.0 Å². The van der Waals surface area contributed by atoms with Crippen LogP contribution in [0.25, 0.3) is 22.4 Å². The van der Waals surface area contributed by atoms with Crippen LogP contribution in [-0.2, 0) is 13.1 Å². The van der Waals surface area contributed by atoms with Gasteiger partial charge in [0.1, 0.15) is 21.8 Å². The van der Waals surface area contributed by atoms with Gasteiger partial charge in [0, 0.05) is 24.6 Å². The topological polar surface area (TPSA) is 49.4 Å². The van der Waals surface area contributed by atoms with Crippen LogP contribution in [0.1, 0.15) is 11.9 Å². The summed E-state index contributed by atoms with van der Waals surface area (Å²) in [5, 5.41) is 11.5. The molecule has 0 unspecified atom stereocenters. The van der Waals surface area contributed by atoms with Crippen molar-refractivity contribution in [1.29, 1.82) is 0 Å². The first-order valence-corrected chi connectivity index (χ1v) is 13.3. The number of benzene rings is 2. The van der Waals surface area contributed by atoms with Gasteiger partial charge >= 0.3 is 0 Å². The molecule has 174 valence electrons. The maximum Gasteiger partial charge on any atom is 0.269 e. The van der Waals surface area contributed by atoms with Crippen molar-refractivity contribution in [2.24, 2.45) is 0 Å². The van der Waals surface area contributed by atoms with Crippen molar-refractivity contribution in [3.63, 3.8) is 0 Å². The number of allylic oxidation sites excluding steroid dienone is 1. The zero-order valence-electron chi connectivity index (χ0n) is 18.7. The first-order chi connectivity index (χ1) is 16.5. The molecular weight excluding hydrogens is 489 g/mol. The number of rotatable bonds is 5. The van der Waals surface area contributed by atoms with E-state index in [1.165, 1.54) is 39.7 Å². The Morgan fingerprint density at radius 2 is 1.97 bits per heavy atom. The summed E-state index contributed by atoms with van der Waals surface area (Å²) in [5.74, 6) is -0.313. The molecule has 0 saturated carbocycles. The molecular formula is C25H23FN3O2S3+. The number of thioether (sulfide) groups is 1. The number of hydrogen-bond acceptors (Lipinski definition) is 6. The van der Waals surface area contributed by atoms with Crippen LogP contribution < -0.4 is 24.2 Å². The minimum Gasteiger partial charge on any atom is -0.390 e. The lowest BCUT2D eigenvalue weighted by Crippen LogP contribution is -2.38. The lowest BCUT2D eigenvalue weighted by molar-refractivity contribution is -0.670. The summed E-state index contributed by atoms with van der Waals surface area (Å²) in [5.41, 5.74) is 1.87. The molecule has 34 heavy (non-hydrogen) atoms. The molecule has 0 aliphatic carbocycles. The van der Waals surface area contributed by atoms with Crippen molar-refractivity contribution in [1.82, 2.24) is 4.57 Å². The standard InChI is InChI=1S/C25H23FN3O2S3/c1-3-28-23(15-24-29(12-13-30)18-14-16(26)8-9-20(18)33-24)34-21(25(28)31)10-11-22-27(2)17-6-4-5-7-19(17)32-22/h4-11,14-15,30H,3,12-13H2,1-2H3/q+1/b21-10-,22-11-. The highest BCUT2D eigenvalue weighted by Gasteiger charge is 2.21. The van der Waals surface area contributed by atoms with Gasteiger partial charge in [-0.05, 0) is 43.3 Å². The van der Waals surface area contributed by atoms with Gasteiger partial charge in [-0.3, -0.25) is 9.36 Å². The fourth-order valence-corrected chi connectivity index (χ4v) is 7.27. The second-order valence-corrected chi connectivity index (χ2v) is 10.9. The fraction of sp³-hybridized carbons (Fsp3) is 0.200. The Labute approximate surface area is 208 Å². The third kappa shape index (κ3) is 4.13. The molecule has 0 fully saturated rings. The summed E-state index contributed by atoms with van der Waals surface area (Å²) in [6, 6.07) is 12.9. The van der Waals surface area contributed by atoms with Crippen molar-refractivity contribution in [3.05, 3.63) is 83.9 Å². The van der Waals surface area contributed by atoms with E-state index in [1.54, 1.807) is 22.4 Å². The van der Waals surface area contributed by atoms with Crippen molar-refractivity contribution in [2.45, 2.75) is 24.9 Å². The molecule has 0 atom stereocenters. The third-order valence-electron chi connectivity index (χ3n) is 5.66. The molecule has 0 spiro atoms. The van der Waals surface area contributed by atoms with Gasteiger partial charge in [0.25, 0.3) is 10.6 Å². The highest BCUT2D eigenvalue weighted by molar-refractivity contribution is 8.03. The SMILES string of the molecule is CCn1c(=O)/c(=C/C=C2\Sc3ccccc3N2C)s/c1=C\c1sc2ccc(F)cc2[n+]1CCO. The molecule has 0 bridgehead atoms. The Morgan fingerprint density at radius 1 is 1.15 bits per heavy atom. The largest absolute Gasteiger partial charge is 0.390 e. The summed E-state index contributed by atoms with van der Waals surface area (Å²) in [7, 11) is 2.03. The Kier molecular flexibility index (Phi) is 6.44. The normalized spacial score (nSPS) is 15.8.